The third kappa shape index (κ3) is 3.80. The number of amides is 1. The molecule has 110 valence electrons. The standard InChI is InChI=1S/C14H20N2O3S/c1-16(14(17)11-9-20-10-15-11)7-8-19-13-6-4-3-5-12(13)18-2/h3-6,11,15H,7-10H2,1-2H3/t11-/m0/s1. The molecule has 0 spiro atoms. The number of ether oxygens (including phenoxy) is 2. The number of thioether (sulfide) groups is 1. The second-order valence-electron chi connectivity index (χ2n) is 4.53. The van der Waals surface area contributed by atoms with Gasteiger partial charge in [0.1, 0.15) is 6.61 Å². The molecule has 1 N–H and O–H groups in total. The number of para-hydroxylation sites is 2. The molecule has 0 bridgehead atoms. The van der Waals surface area contributed by atoms with Crippen LogP contribution in [0.15, 0.2) is 24.3 Å². The van der Waals surface area contributed by atoms with Crippen LogP contribution in [0.5, 0.6) is 11.5 Å². The van der Waals surface area contributed by atoms with Gasteiger partial charge in [-0.1, -0.05) is 12.1 Å². The summed E-state index contributed by atoms with van der Waals surface area (Å²) in [6, 6.07) is 7.44. The Labute approximate surface area is 123 Å². The Kier molecular flexibility index (Phi) is 5.55. The van der Waals surface area contributed by atoms with E-state index >= 15 is 0 Å². The summed E-state index contributed by atoms with van der Waals surface area (Å²) in [5.74, 6) is 3.22. The molecule has 1 atom stereocenters. The van der Waals surface area contributed by atoms with Gasteiger partial charge in [-0.05, 0) is 12.1 Å². The van der Waals surface area contributed by atoms with E-state index in [1.165, 1.54) is 0 Å². The maximum atomic E-state index is 12.1. The first kappa shape index (κ1) is 15.0. The van der Waals surface area contributed by atoms with Gasteiger partial charge in [0.2, 0.25) is 5.91 Å². The summed E-state index contributed by atoms with van der Waals surface area (Å²) in [4.78, 5) is 13.8. The molecule has 20 heavy (non-hydrogen) atoms. The minimum absolute atomic E-state index is 0.0590. The first-order chi connectivity index (χ1) is 9.72. The molecule has 0 unspecified atom stereocenters. The van der Waals surface area contributed by atoms with Crippen molar-refractivity contribution in [3.05, 3.63) is 24.3 Å². The molecule has 0 radical (unpaired) electrons. The Morgan fingerprint density at radius 2 is 2.20 bits per heavy atom. The van der Waals surface area contributed by atoms with E-state index in [0.29, 0.717) is 24.7 Å². The molecule has 0 aromatic heterocycles. The van der Waals surface area contributed by atoms with Gasteiger partial charge in [0.15, 0.2) is 11.5 Å². The normalized spacial score (nSPS) is 17.8. The summed E-state index contributed by atoms with van der Waals surface area (Å²) in [5.41, 5.74) is 0. The molecule has 1 fully saturated rings. The summed E-state index contributed by atoms with van der Waals surface area (Å²) >= 11 is 1.75. The van der Waals surface area contributed by atoms with Crippen LogP contribution < -0.4 is 14.8 Å². The van der Waals surface area contributed by atoms with Crippen molar-refractivity contribution in [3.8, 4) is 11.5 Å². The van der Waals surface area contributed by atoms with Gasteiger partial charge in [-0.2, -0.15) is 0 Å². The molecule has 1 aromatic carbocycles. The lowest BCUT2D eigenvalue weighted by Gasteiger charge is -2.21. The number of nitrogens with zero attached hydrogens (tertiary/aromatic N) is 1. The number of carbonyl (C=O) groups excluding carboxylic acids is 1. The average molecular weight is 296 g/mol. The van der Waals surface area contributed by atoms with Crippen LogP contribution >= 0.6 is 11.8 Å². The van der Waals surface area contributed by atoms with Gasteiger partial charge in [0, 0.05) is 18.7 Å². The fraction of sp³-hybridized carbons (Fsp3) is 0.500. The van der Waals surface area contributed by atoms with Crippen LogP contribution in [0.1, 0.15) is 0 Å². The Bertz CT molecular complexity index is 450. The molecular weight excluding hydrogens is 276 g/mol. The molecule has 6 heteroatoms. The maximum Gasteiger partial charge on any atom is 0.240 e. The van der Waals surface area contributed by atoms with Crippen molar-refractivity contribution in [2.24, 2.45) is 0 Å². The lowest BCUT2D eigenvalue weighted by molar-refractivity contribution is -0.131. The highest BCUT2D eigenvalue weighted by Gasteiger charge is 2.25. The van der Waals surface area contributed by atoms with Gasteiger partial charge in [-0.25, -0.2) is 0 Å². The second kappa shape index (κ2) is 7.40. The highest BCUT2D eigenvalue weighted by atomic mass is 32.2. The van der Waals surface area contributed by atoms with Crippen molar-refractivity contribution in [2.45, 2.75) is 6.04 Å². The van der Waals surface area contributed by atoms with Crippen LogP contribution in [0, 0.1) is 0 Å². The Balaban J connectivity index is 1.78. The molecule has 1 aromatic rings. The molecule has 1 aliphatic rings. The smallest absolute Gasteiger partial charge is 0.240 e. The van der Waals surface area contributed by atoms with Gasteiger partial charge < -0.3 is 14.4 Å². The SMILES string of the molecule is COc1ccccc1OCCN(C)C(=O)[C@@H]1CSCN1. The highest BCUT2D eigenvalue weighted by Crippen LogP contribution is 2.25. The fourth-order valence-corrected chi connectivity index (χ4v) is 2.89. The zero-order valence-corrected chi connectivity index (χ0v) is 12.6. The summed E-state index contributed by atoms with van der Waals surface area (Å²) in [6.07, 6.45) is 0. The van der Waals surface area contributed by atoms with Gasteiger partial charge in [0.05, 0.1) is 19.7 Å². The highest BCUT2D eigenvalue weighted by molar-refractivity contribution is 7.99. The molecule has 0 aliphatic carbocycles. The average Bonchev–Trinajstić information content (AvgIpc) is 3.01. The third-order valence-corrected chi connectivity index (χ3v) is 4.08. The number of nitrogens with one attached hydrogen (secondary N) is 1. The molecule has 1 saturated heterocycles. The molecule has 0 saturated carbocycles. The summed E-state index contributed by atoms with van der Waals surface area (Å²) in [5, 5.41) is 3.17. The van der Waals surface area contributed by atoms with Gasteiger partial charge in [-0.15, -0.1) is 11.8 Å². The molecule has 2 rings (SSSR count). The summed E-state index contributed by atoms with van der Waals surface area (Å²) in [6.45, 7) is 1.00. The van der Waals surface area contributed by atoms with Crippen LogP contribution in [0.3, 0.4) is 0 Å². The number of likely N-dealkylation sites (N-methyl/N-ethyl adjacent to an activating group) is 1. The first-order valence-electron chi connectivity index (χ1n) is 6.54. The van der Waals surface area contributed by atoms with Gasteiger partial charge >= 0.3 is 0 Å². The predicted molar refractivity (Wildman–Crippen MR) is 80.4 cm³/mol. The zero-order chi connectivity index (χ0) is 14.4. The first-order valence-corrected chi connectivity index (χ1v) is 7.69. The lowest BCUT2D eigenvalue weighted by atomic mass is 10.3. The third-order valence-electron chi connectivity index (χ3n) is 3.14. The number of rotatable bonds is 6. The van der Waals surface area contributed by atoms with Gasteiger partial charge in [0.25, 0.3) is 0 Å². The van der Waals surface area contributed by atoms with E-state index in [0.717, 1.165) is 11.6 Å². The molecular formula is C14H20N2O3S. The van der Waals surface area contributed by atoms with Crippen molar-refractivity contribution in [3.63, 3.8) is 0 Å². The summed E-state index contributed by atoms with van der Waals surface area (Å²) < 4.78 is 10.9. The number of hydrogen-bond acceptors (Lipinski definition) is 5. The molecule has 1 aliphatic heterocycles. The molecule has 1 heterocycles. The minimum atomic E-state index is -0.0590. The topological polar surface area (TPSA) is 50.8 Å². The lowest BCUT2D eigenvalue weighted by Crippen LogP contribution is -2.44. The number of carbonyl (C=O) groups is 1. The molecule has 1 amide bonds. The number of methoxy groups -OCH3 is 1. The Hall–Kier alpha value is -1.40. The van der Waals surface area contributed by atoms with Crippen LogP contribution in [-0.2, 0) is 4.79 Å². The molecule has 5 nitrogen and oxygen atoms in total. The maximum absolute atomic E-state index is 12.1. The van der Waals surface area contributed by atoms with Crippen LogP contribution in [0.2, 0.25) is 0 Å². The second-order valence-corrected chi connectivity index (χ2v) is 5.56. The van der Waals surface area contributed by atoms with Crippen molar-refractivity contribution in [1.82, 2.24) is 10.2 Å². The van der Waals surface area contributed by atoms with E-state index in [9.17, 15) is 4.79 Å². The van der Waals surface area contributed by atoms with Crippen molar-refractivity contribution < 1.29 is 14.3 Å². The van der Waals surface area contributed by atoms with Crippen LogP contribution in [0.4, 0.5) is 0 Å². The van der Waals surface area contributed by atoms with Crippen molar-refractivity contribution in [1.29, 1.82) is 0 Å². The monoisotopic (exact) mass is 296 g/mol. The predicted octanol–water partition coefficient (Wildman–Crippen LogP) is 1.19. The van der Waals surface area contributed by atoms with E-state index < -0.39 is 0 Å². The minimum Gasteiger partial charge on any atom is -0.493 e. The van der Waals surface area contributed by atoms with Gasteiger partial charge in [-0.3, -0.25) is 10.1 Å². The quantitative estimate of drug-likeness (QED) is 0.855. The van der Waals surface area contributed by atoms with Crippen molar-refractivity contribution >= 4 is 17.7 Å². The fourth-order valence-electron chi connectivity index (χ4n) is 1.96. The number of hydrogen-bond donors (Lipinski definition) is 1. The summed E-state index contributed by atoms with van der Waals surface area (Å²) in [7, 11) is 3.42. The largest absolute Gasteiger partial charge is 0.493 e. The van der Waals surface area contributed by atoms with Crippen LogP contribution in [0.25, 0.3) is 0 Å². The zero-order valence-electron chi connectivity index (χ0n) is 11.8. The van der Waals surface area contributed by atoms with E-state index in [4.69, 9.17) is 9.47 Å². The Morgan fingerprint density at radius 1 is 1.45 bits per heavy atom. The van der Waals surface area contributed by atoms with E-state index in [1.807, 2.05) is 24.3 Å². The van der Waals surface area contributed by atoms with Crippen molar-refractivity contribution in [2.75, 3.05) is 38.9 Å². The number of benzene rings is 1. The van der Waals surface area contributed by atoms with Crippen LogP contribution in [-0.4, -0.2) is 55.8 Å². The van der Waals surface area contributed by atoms with E-state index in [-0.39, 0.29) is 11.9 Å². The Morgan fingerprint density at radius 3 is 2.85 bits per heavy atom. The van der Waals surface area contributed by atoms with E-state index in [2.05, 4.69) is 5.32 Å². The van der Waals surface area contributed by atoms with E-state index in [1.54, 1.807) is 30.8 Å².